The van der Waals surface area contributed by atoms with Gasteiger partial charge in [-0.25, -0.2) is 0 Å². The maximum atomic E-state index is 11.3. The van der Waals surface area contributed by atoms with Gasteiger partial charge in [0.15, 0.2) is 0 Å². The second-order valence-corrected chi connectivity index (χ2v) is 3.46. The van der Waals surface area contributed by atoms with Crippen LogP contribution in [0.2, 0.25) is 0 Å². The summed E-state index contributed by atoms with van der Waals surface area (Å²) in [5.41, 5.74) is 8.02. The topological polar surface area (TPSA) is 58.3 Å². The number of hydrogen-bond acceptors (Lipinski definition) is 3. The molecule has 2 aromatic carbocycles. The van der Waals surface area contributed by atoms with Crippen LogP contribution in [0.4, 0.5) is 5.69 Å². The van der Waals surface area contributed by atoms with Gasteiger partial charge in [-0.3, -0.25) is 0 Å². The summed E-state index contributed by atoms with van der Waals surface area (Å²) in [6.45, 7) is 0. The summed E-state index contributed by atoms with van der Waals surface area (Å²) in [5, 5.41) is 11.3. The fraction of sp³-hybridized carbons (Fsp3) is 0.0769. The Kier molecular flexibility index (Phi) is 5.91. The van der Waals surface area contributed by atoms with Crippen molar-refractivity contribution < 1.29 is 78.7 Å². The molecule has 0 aromatic heterocycles. The summed E-state index contributed by atoms with van der Waals surface area (Å²) in [6, 6.07) is 12.1. The van der Waals surface area contributed by atoms with Gasteiger partial charge in [0.25, 0.3) is 0 Å². The van der Waals surface area contributed by atoms with E-state index in [1.807, 2.05) is 18.2 Å². The number of methoxy groups -OCH3 is 1. The normalized spacial score (nSPS) is 9.47. The van der Waals surface area contributed by atoms with Crippen LogP contribution in [-0.4, -0.2) is 7.11 Å². The van der Waals surface area contributed by atoms with Crippen molar-refractivity contribution in [3.63, 3.8) is 0 Å². The van der Waals surface area contributed by atoms with Crippen molar-refractivity contribution in [1.29, 1.82) is 0 Å². The van der Waals surface area contributed by atoms with Gasteiger partial charge in [-0.15, -0.1) is 5.75 Å². The van der Waals surface area contributed by atoms with Crippen LogP contribution in [-0.2, 0) is 0 Å². The fourth-order valence-corrected chi connectivity index (χ4v) is 1.67. The van der Waals surface area contributed by atoms with Crippen molar-refractivity contribution in [2.24, 2.45) is 0 Å². The first kappa shape index (κ1) is 15.0. The predicted octanol–water partition coefficient (Wildman–Crippen LogP) is -0.978. The smallest absolute Gasteiger partial charge is 0.872 e. The molecule has 0 unspecified atom stereocenters. The Labute approximate surface area is 159 Å². The van der Waals surface area contributed by atoms with Crippen LogP contribution < -0.4 is 84.5 Å². The van der Waals surface area contributed by atoms with E-state index < -0.39 is 0 Å². The van der Waals surface area contributed by atoms with Crippen LogP contribution in [0.25, 0.3) is 11.1 Å². The molecular weight excluding hydrogens is 335 g/mol. The summed E-state index contributed by atoms with van der Waals surface area (Å²) >= 11 is 0. The summed E-state index contributed by atoms with van der Waals surface area (Å²) in [6.07, 6.45) is 0. The number of benzene rings is 2. The van der Waals surface area contributed by atoms with E-state index in [9.17, 15) is 5.11 Å². The molecule has 0 heterocycles. The Morgan fingerprint density at radius 1 is 1.12 bits per heavy atom. The zero-order valence-electron chi connectivity index (χ0n) is 9.94. The molecule has 0 amide bonds. The van der Waals surface area contributed by atoms with Crippen molar-refractivity contribution in [2.75, 3.05) is 12.8 Å². The maximum Gasteiger partial charge on any atom is 1.00 e. The van der Waals surface area contributed by atoms with Gasteiger partial charge < -0.3 is 15.6 Å². The minimum absolute atomic E-state index is 0. The summed E-state index contributed by atoms with van der Waals surface area (Å²) in [4.78, 5) is 0. The van der Waals surface area contributed by atoms with E-state index in [4.69, 9.17) is 10.5 Å². The van der Waals surface area contributed by atoms with Crippen LogP contribution >= 0.6 is 0 Å². The number of ether oxygens (including phenoxy) is 1. The van der Waals surface area contributed by atoms with E-state index in [1.165, 1.54) is 6.07 Å². The molecule has 0 saturated carbocycles. The fourth-order valence-electron chi connectivity index (χ4n) is 1.67. The van der Waals surface area contributed by atoms with Crippen molar-refractivity contribution in [2.45, 2.75) is 0 Å². The second kappa shape index (κ2) is 6.73. The molecule has 2 rings (SSSR count). The zero-order valence-corrected chi connectivity index (χ0v) is 16.2. The van der Waals surface area contributed by atoms with Crippen molar-refractivity contribution in [1.82, 2.24) is 0 Å². The molecule has 0 bridgehead atoms. The SMILES string of the molecule is COc1c(N)cccc1-c1cccc([O-])c1.[Cs+]. The number of rotatable bonds is 2. The van der Waals surface area contributed by atoms with Gasteiger partial charge in [0.2, 0.25) is 0 Å². The van der Waals surface area contributed by atoms with Crippen LogP contribution in [0.1, 0.15) is 0 Å². The molecule has 0 atom stereocenters. The van der Waals surface area contributed by atoms with E-state index in [2.05, 4.69) is 0 Å². The van der Waals surface area contributed by atoms with Gasteiger partial charge in [-0.05, 0) is 11.6 Å². The molecule has 2 aromatic rings. The molecular formula is C13H12CsNO2. The van der Waals surface area contributed by atoms with E-state index in [1.54, 1.807) is 25.3 Å². The van der Waals surface area contributed by atoms with E-state index in [0.29, 0.717) is 11.4 Å². The molecule has 0 saturated heterocycles. The number of nitrogens with two attached hydrogens (primary N) is 1. The van der Waals surface area contributed by atoms with Crippen molar-refractivity contribution >= 4 is 5.69 Å². The van der Waals surface area contributed by atoms with Crippen LogP contribution in [0.5, 0.6) is 11.5 Å². The molecule has 0 spiro atoms. The molecule has 4 heteroatoms. The van der Waals surface area contributed by atoms with Crippen LogP contribution in [0.15, 0.2) is 42.5 Å². The van der Waals surface area contributed by atoms with Gasteiger partial charge in [-0.1, -0.05) is 36.4 Å². The van der Waals surface area contributed by atoms with Gasteiger partial charge in [0, 0.05) is 5.56 Å². The molecule has 0 fully saturated rings. The Hall–Kier alpha value is -0.108. The molecule has 3 nitrogen and oxygen atoms in total. The number of hydrogen-bond donors (Lipinski definition) is 1. The largest absolute Gasteiger partial charge is 1.00 e. The number of anilines is 1. The monoisotopic (exact) mass is 347 g/mol. The molecule has 82 valence electrons. The number of para-hydroxylation sites is 1. The Bertz CT molecular complexity index is 515. The summed E-state index contributed by atoms with van der Waals surface area (Å²) in [5.74, 6) is 0.579. The first-order chi connectivity index (χ1) is 7.72. The standard InChI is InChI=1S/C13H13NO2.Cs/c1-16-13-11(6-3-7-12(13)14)9-4-2-5-10(15)8-9;/h2-8,15H,14H2,1H3;/q;+1/p-1. The van der Waals surface area contributed by atoms with Crippen LogP contribution in [0.3, 0.4) is 0 Å². The van der Waals surface area contributed by atoms with Gasteiger partial charge in [0.05, 0.1) is 12.8 Å². The van der Waals surface area contributed by atoms with E-state index >= 15 is 0 Å². The van der Waals surface area contributed by atoms with Crippen molar-refractivity contribution in [3.8, 4) is 22.6 Å². The third-order valence-electron chi connectivity index (χ3n) is 2.39. The van der Waals surface area contributed by atoms with Gasteiger partial charge in [-0.2, -0.15) is 0 Å². The Morgan fingerprint density at radius 3 is 2.47 bits per heavy atom. The first-order valence-corrected chi connectivity index (χ1v) is 4.92. The zero-order chi connectivity index (χ0) is 11.5. The van der Waals surface area contributed by atoms with E-state index in [-0.39, 0.29) is 74.6 Å². The summed E-state index contributed by atoms with van der Waals surface area (Å²) in [7, 11) is 1.57. The number of nitrogen functional groups attached to an aromatic ring is 1. The van der Waals surface area contributed by atoms with Crippen molar-refractivity contribution in [3.05, 3.63) is 42.5 Å². The third-order valence-corrected chi connectivity index (χ3v) is 2.39. The third kappa shape index (κ3) is 3.43. The summed E-state index contributed by atoms with van der Waals surface area (Å²) < 4.78 is 5.24. The minimum atomic E-state index is -0.0259. The van der Waals surface area contributed by atoms with Crippen LogP contribution in [0, 0.1) is 0 Å². The maximum absolute atomic E-state index is 11.3. The molecule has 17 heavy (non-hydrogen) atoms. The molecule has 0 aliphatic rings. The average molecular weight is 347 g/mol. The molecule has 0 aliphatic heterocycles. The average Bonchev–Trinajstić information content (AvgIpc) is 2.28. The molecule has 0 aliphatic carbocycles. The molecule has 2 N–H and O–H groups in total. The van der Waals surface area contributed by atoms with Gasteiger partial charge >= 0.3 is 68.9 Å². The Balaban J connectivity index is 0.00000144. The first-order valence-electron chi connectivity index (χ1n) is 4.92. The minimum Gasteiger partial charge on any atom is -0.872 e. The Morgan fingerprint density at radius 2 is 1.82 bits per heavy atom. The van der Waals surface area contributed by atoms with Gasteiger partial charge in [0.1, 0.15) is 5.75 Å². The van der Waals surface area contributed by atoms with E-state index in [0.717, 1.165) is 11.1 Å². The quantitative estimate of drug-likeness (QED) is 0.711. The predicted molar refractivity (Wildman–Crippen MR) is 62.3 cm³/mol. The second-order valence-electron chi connectivity index (χ2n) is 3.46. The molecule has 0 radical (unpaired) electrons.